The van der Waals surface area contributed by atoms with Crippen molar-refractivity contribution in [3.05, 3.63) is 53.1 Å². The van der Waals surface area contributed by atoms with Crippen LogP contribution in [-0.2, 0) is 6.54 Å². The molecule has 0 unspecified atom stereocenters. The molecule has 0 spiro atoms. The van der Waals surface area contributed by atoms with Crippen LogP contribution in [0.2, 0.25) is 5.02 Å². The highest BCUT2D eigenvalue weighted by atomic mass is 35.5. The van der Waals surface area contributed by atoms with E-state index in [1.54, 1.807) is 12.1 Å². The van der Waals surface area contributed by atoms with Gasteiger partial charge in [-0.3, -0.25) is 0 Å². The second kappa shape index (κ2) is 6.53. The number of ether oxygens (including phenoxy) is 1. The molecule has 106 valence electrons. The van der Waals surface area contributed by atoms with Crippen molar-refractivity contribution >= 4 is 17.3 Å². The highest BCUT2D eigenvalue weighted by Gasteiger charge is 2.05. The second-order valence-corrected chi connectivity index (χ2v) is 5.24. The van der Waals surface area contributed by atoms with Crippen molar-refractivity contribution in [1.82, 2.24) is 0 Å². The molecule has 3 nitrogen and oxygen atoms in total. The number of anilines is 1. The minimum Gasteiger partial charge on any atom is -0.508 e. The van der Waals surface area contributed by atoms with Crippen molar-refractivity contribution < 1.29 is 9.84 Å². The molecule has 2 N–H and O–H groups in total. The van der Waals surface area contributed by atoms with Crippen molar-refractivity contribution in [2.75, 3.05) is 5.32 Å². The third-order valence-corrected chi connectivity index (χ3v) is 3.02. The predicted molar refractivity (Wildman–Crippen MR) is 82.6 cm³/mol. The summed E-state index contributed by atoms with van der Waals surface area (Å²) in [4.78, 5) is 0. The van der Waals surface area contributed by atoms with Gasteiger partial charge in [0.1, 0.15) is 11.5 Å². The highest BCUT2D eigenvalue weighted by Crippen LogP contribution is 2.28. The second-order valence-electron chi connectivity index (χ2n) is 4.83. The Labute approximate surface area is 124 Å². The molecule has 0 amide bonds. The summed E-state index contributed by atoms with van der Waals surface area (Å²) in [6, 6.07) is 12.7. The van der Waals surface area contributed by atoms with E-state index in [0.717, 1.165) is 11.3 Å². The van der Waals surface area contributed by atoms with Gasteiger partial charge in [-0.15, -0.1) is 0 Å². The van der Waals surface area contributed by atoms with Crippen LogP contribution in [0.15, 0.2) is 42.5 Å². The van der Waals surface area contributed by atoms with Crippen molar-refractivity contribution in [2.24, 2.45) is 0 Å². The summed E-state index contributed by atoms with van der Waals surface area (Å²) in [6.07, 6.45) is 0.100. The zero-order valence-corrected chi connectivity index (χ0v) is 12.3. The fourth-order valence-electron chi connectivity index (χ4n) is 1.78. The minimum atomic E-state index is 0.100. The van der Waals surface area contributed by atoms with Crippen molar-refractivity contribution in [2.45, 2.75) is 26.5 Å². The van der Waals surface area contributed by atoms with E-state index in [0.29, 0.717) is 17.3 Å². The molecule has 0 saturated carbocycles. The highest BCUT2D eigenvalue weighted by molar-refractivity contribution is 6.32. The summed E-state index contributed by atoms with van der Waals surface area (Å²) >= 11 is 6.18. The average molecular weight is 292 g/mol. The zero-order chi connectivity index (χ0) is 14.5. The van der Waals surface area contributed by atoms with E-state index in [1.165, 1.54) is 0 Å². The van der Waals surface area contributed by atoms with Gasteiger partial charge >= 0.3 is 0 Å². The Kier molecular flexibility index (Phi) is 4.74. The van der Waals surface area contributed by atoms with E-state index < -0.39 is 0 Å². The van der Waals surface area contributed by atoms with Gasteiger partial charge in [-0.25, -0.2) is 0 Å². The molecule has 0 aliphatic rings. The maximum absolute atomic E-state index is 9.23. The van der Waals surface area contributed by atoms with Gasteiger partial charge < -0.3 is 15.2 Å². The lowest BCUT2D eigenvalue weighted by molar-refractivity contribution is 0.242. The Hall–Kier alpha value is -1.87. The Bertz CT molecular complexity index is 567. The molecule has 20 heavy (non-hydrogen) atoms. The number of phenolic OH excluding ortho intramolecular Hbond substituents is 1. The van der Waals surface area contributed by atoms with Gasteiger partial charge in [-0.1, -0.05) is 23.7 Å². The Balaban J connectivity index is 1.99. The number of aromatic hydroxyl groups is 1. The number of nitrogens with one attached hydrogen (secondary N) is 1. The zero-order valence-electron chi connectivity index (χ0n) is 11.6. The Morgan fingerprint density at radius 2 is 1.85 bits per heavy atom. The molecule has 0 saturated heterocycles. The van der Waals surface area contributed by atoms with Crippen LogP contribution in [0.3, 0.4) is 0 Å². The normalized spacial score (nSPS) is 10.6. The van der Waals surface area contributed by atoms with Crippen LogP contribution in [0, 0.1) is 0 Å². The maximum atomic E-state index is 9.23. The first kappa shape index (κ1) is 14.5. The largest absolute Gasteiger partial charge is 0.508 e. The van der Waals surface area contributed by atoms with E-state index in [9.17, 15) is 5.11 Å². The molecule has 0 radical (unpaired) electrons. The molecular weight excluding hydrogens is 274 g/mol. The molecule has 0 aliphatic carbocycles. The minimum absolute atomic E-state index is 0.100. The molecule has 2 aromatic carbocycles. The van der Waals surface area contributed by atoms with Gasteiger partial charge in [-0.05, 0) is 49.7 Å². The lowest BCUT2D eigenvalue weighted by Crippen LogP contribution is -2.06. The van der Waals surface area contributed by atoms with E-state index >= 15 is 0 Å². The van der Waals surface area contributed by atoms with Crippen LogP contribution in [-0.4, -0.2) is 11.2 Å². The van der Waals surface area contributed by atoms with Crippen LogP contribution in [0.5, 0.6) is 11.5 Å². The van der Waals surface area contributed by atoms with Crippen LogP contribution in [0.1, 0.15) is 19.4 Å². The van der Waals surface area contributed by atoms with Crippen LogP contribution in [0.4, 0.5) is 5.69 Å². The SMILES string of the molecule is CC(C)Oc1ccc(NCc2ccc(O)cc2)cc1Cl. The van der Waals surface area contributed by atoms with Crippen LogP contribution >= 0.6 is 11.6 Å². The maximum Gasteiger partial charge on any atom is 0.138 e. The summed E-state index contributed by atoms with van der Waals surface area (Å²) < 4.78 is 5.59. The number of halogens is 1. The average Bonchev–Trinajstić information content (AvgIpc) is 2.40. The van der Waals surface area contributed by atoms with E-state index in [1.807, 2.05) is 44.2 Å². The molecule has 0 fully saturated rings. The predicted octanol–water partition coefficient (Wildman–Crippen LogP) is 4.44. The number of phenols is 1. The Morgan fingerprint density at radius 3 is 2.45 bits per heavy atom. The summed E-state index contributed by atoms with van der Waals surface area (Å²) in [5, 5.41) is 13.1. The standard InChI is InChI=1S/C16H18ClNO2/c1-11(2)20-16-8-5-13(9-15(16)17)18-10-12-3-6-14(19)7-4-12/h3-9,11,18-19H,10H2,1-2H3. The van der Waals surface area contributed by atoms with Gasteiger partial charge in [-0.2, -0.15) is 0 Å². The molecule has 4 heteroatoms. The number of rotatable bonds is 5. The summed E-state index contributed by atoms with van der Waals surface area (Å²) in [5.41, 5.74) is 2.01. The Morgan fingerprint density at radius 1 is 1.15 bits per heavy atom. The fraction of sp³-hybridized carbons (Fsp3) is 0.250. The summed E-state index contributed by atoms with van der Waals surface area (Å²) in [6.45, 7) is 4.60. The molecule has 0 aromatic heterocycles. The van der Waals surface area contributed by atoms with Crippen LogP contribution < -0.4 is 10.1 Å². The number of hydrogen-bond acceptors (Lipinski definition) is 3. The third-order valence-electron chi connectivity index (χ3n) is 2.73. The smallest absolute Gasteiger partial charge is 0.138 e. The molecule has 0 bridgehead atoms. The molecular formula is C16H18ClNO2. The van der Waals surface area contributed by atoms with Crippen molar-refractivity contribution in [3.63, 3.8) is 0 Å². The van der Waals surface area contributed by atoms with E-state index in [2.05, 4.69) is 5.32 Å². The topological polar surface area (TPSA) is 41.5 Å². The molecule has 2 rings (SSSR count). The third kappa shape index (κ3) is 4.07. The van der Waals surface area contributed by atoms with Gasteiger partial charge in [0.15, 0.2) is 0 Å². The van der Waals surface area contributed by atoms with Gasteiger partial charge in [0, 0.05) is 12.2 Å². The first-order valence-electron chi connectivity index (χ1n) is 6.52. The molecule has 0 aliphatic heterocycles. The first-order chi connectivity index (χ1) is 9.54. The summed E-state index contributed by atoms with van der Waals surface area (Å²) in [7, 11) is 0. The quantitative estimate of drug-likeness (QED) is 0.855. The molecule has 0 atom stereocenters. The fourth-order valence-corrected chi connectivity index (χ4v) is 2.00. The lowest BCUT2D eigenvalue weighted by Gasteiger charge is -2.13. The number of hydrogen-bond donors (Lipinski definition) is 2. The van der Waals surface area contributed by atoms with Gasteiger partial charge in [0.05, 0.1) is 11.1 Å². The lowest BCUT2D eigenvalue weighted by atomic mass is 10.2. The molecule has 0 heterocycles. The summed E-state index contributed by atoms with van der Waals surface area (Å²) in [5.74, 6) is 0.962. The first-order valence-corrected chi connectivity index (χ1v) is 6.90. The van der Waals surface area contributed by atoms with Crippen molar-refractivity contribution in [1.29, 1.82) is 0 Å². The van der Waals surface area contributed by atoms with Gasteiger partial charge in [0.25, 0.3) is 0 Å². The van der Waals surface area contributed by atoms with Gasteiger partial charge in [0.2, 0.25) is 0 Å². The number of benzene rings is 2. The van der Waals surface area contributed by atoms with Crippen molar-refractivity contribution in [3.8, 4) is 11.5 Å². The van der Waals surface area contributed by atoms with E-state index in [4.69, 9.17) is 16.3 Å². The monoisotopic (exact) mass is 291 g/mol. The molecule has 2 aromatic rings. The van der Waals surface area contributed by atoms with E-state index in [-0.39, 0.29) is 11.9 Å². The van der Waals surface area contributed by atoms with Crippen LogP contribution in [0.25, 0.3) is 0 Å².